The topological polar surface area (TPSA) is 57.2 Å². The summed E-state index contributed by atoms with van der Waals surface area (Å²) >= 11 is 0. The molecule has 1 rings (SSSR count). The summed E-state index contributed by atoms with van der Waals surface area (Å²) < 4.78 is 0. The zero-order chi connectivity index (χ0) is 12.9. The van der Waals surface area contributed by atoms with E-state index in [1.165, 1.54) is 0 Å². The summed E-state index contributed by atoms with van der Waals surface area (Å²) in [6.07, 6.45) is 0.717. The molecule has 1 unspecified atom stereocenters. The van der Waals surface area contributed by atoms with E-state index in [-0.39, 0.29) is 18.1 Å². The zero-order valence-corrected chi connectivity index (χ0v) is 11.1. The highest BCUT2D eigenvalue weighted by molar-refractivity contribution is 5.45. The Morgan fingerprint density at radius 1 is 1.29 bits per heavy atom. The molecule has 0 aliphatic heterocycles. The summed E-state index contributed by atoms with van der Waals surface area (Å²) in [6.45, 7) is 6.65. The molecule has 0 amide bonds. The fourth-order valence-corrected chi connectivity index (χ4v) is 1.68. The normalized spacial score (nSPS) is 13.2. The Morgan fingerprint density at radius 2 is 1.94 bits per heavy atom. The van der Waals surface area contributed by atoms with Crippen LogP contribution < -0.4 is 10.6 Å². The Balaban J connectivity index is 2.78. The molecule has 1 heterocycles. The number of pyridine rings is 1. The molecule has 0 fully saturated rings. The van der Waals surface area contributed by atoms with Gasteiger partial charge >= 0.3 is 0 Å². The maximum absolute atomic E-state index is 9.11. The van der Waals surface area contributed by atoms with Gasteiger partial charge in [0.15, 0.2) is 0 Å². The lowest BCUT2D eigenvalue weighted by molar-refractivity contribution is 0.235. The van der Waals surface area contributed by atoms with Crippen molar-refractivity contribution in [2.24, 2.45) is 5.41 Å². The Bertz CT molecular complexity index is 347. The zero-order valence-electron chi connectivity index (χ0n) is 11.1. The molecule has 0 spiro atoms. The van der Waals surface area contributed by atoms with E-state index in [0.717, 1.165) is 18.1 Å². The van der Waals surface area contributed by atoms with Gasteiger partial charge in [0, 0.05) is 19.7 Å². The van der Waals surface area contributed by atoms with Crippen molar-refractivity contribution >= 4 is 11.6 Å². The molecule has 0 saturated heterocycles. The Kier molecular flexibility index (Phi) is 4.75. The number of hydrogen-bond acceptors (Lipinski definition) is 4. The van der Waals surface area contributed by atoms with E-state index in [1.807, 2.05) is 25.2 Å². The van der Waals surface area contributed by atoms with Crippen LogP contribution in [-0.2, 0) is 0 Å². The number of nitrogens with zero attached hydrogens (tertiary/aromatic N) is 1. The van der Waals surface area contributed by atoms with Crippen LogP contribution in [0.1, 0.15) is 27.2 Å². The maximum Gasteiger partial charge on any atom is 0.128 e. The summed E-state index contributed by atoms with van der Waals surface area (Å²) in [6, 6.07) is 6.02. The summed E-state index contributed by atoms with van der Waals surface area (Å²) in [5.74, 6) is 1.68. The minimum atomic E-state index is 0.0834. The molecular weight excluding hydrogens is 214 g/mol. The van der Waals surface area contributed by atoms with Gasteiger partial charge in [0.1, 0.15) is 11.6 Å². The van der Waals surface area contributed by atoms with Gasteiger partial charge in [-0.05, 0) is 24.0 Å². The second-order valence-corrected chi connectivity index (χ2v) is 5.23. The van der Waals surface area contributed by atoms with Crippen molar-refractivity contribution in [1.82, 2.24) is 4.98 Å². The Hall–Kier alpha value is -1.29. The van der Waals surface area contributed by atoms with Gasteiger partial charge in [0.2, 0.25) is 0 Å². The number of nitrogens with one attached hydrogen (secondary N) is 2. The van der Waals surface area contributed by atoms with E-state index < -0.39 is 0 Å². The average molecular weight is 237 g/mol. The molecule has 0 bridgehead atoms. The molecule has 17 heavy (non-hydrogen) atoms. The minimum absolute atomic E-state index is 0.0834. The van der Waals surface area contributed by atoms with Crippen LogP contribution in [0.5, 0.6) is 0 Å². The molecule has 1 aromatic rings. The van der Waals surface area contributed by atoms with Crippen molar-refractivity contribution in [3.63, 3.8) is 0 Å². The van der Waals surface area contributed by atoms with E-state index in [1.54, 1.807) is 0 Å². The van der Waals surface area contributed by atoms with Crippen LogP contribution in [-0.4, -0.2) is 29.8 Å². The van der Waals surface area contributed by atoms with Gasteiger partial charge in [0.25, 0.3) is 0 Å². The van der Waals surface area contributed by atoms with Crippen molar-refractivity contribution in [1.29, 1.82) is 0 Å². The van der Waals surface area contributed by atoms with E-state index in [2.05, 4.69) is 36.4 Å². The van der Waals surface area contributed by atoms with E-state index in [9.17, 15) is 0 Å². The first-order valence-electron chi connectivity index (χ1n) is 5.99. The average Bonchev–Trinajstić information content (AvgIpc) is 2.27. The first kappa shape index (κ1) is 13.8. The standard InChI is InChI=1S/C13H23N3O/c1-13(2,3)10(8-9-17)15-12-7-5-6-11(14-4)16-12/h5-7,10,17H,8-9H2,1-4H3,(H2,14,15,16). The number of hydrogen-bond donors (Lipinski definition) is 3. The van der Waals surface area contributed by atoms with E-state index in [4.69, 9.17) is 5.11 Å². The molecule has 4 heteroatoms. The Labute approximate surface area is 103 Å². The van der Waals surface area contributed by atoms with Gasteiger partial charge < -0.3 is 15.7 Å². The quantitative estimate of drug-likeness (QED) is 0.735. The van der Waals surface area contributed by atoms with E-state index >= 15 is 0 Å². The highest BCUT2D eigenvalue weighted by Gasteiger charge is 2.24. The van der Waals surface area contributed by atoms with Gasteiger partial charge in [-0.2, -0.15) is 0 Å². The molecule has 3 N–H and O–H groups in total. The summed E-state index contributed by atoms with van der Waals surface area (Å²) in [5.41, 5.74) is 0.0834. The van der Waals surface area contributed by atoms with Gasteiger partial charge in [-0.3, -0.25) is 0 Å². The molecule has 0 saturated carbocycles. The second kappa shape index (κ2) is 5.87. The monoisotopic (exact) mass is 237 g/mol. The first-order valence-corrected chi connectivity index (χ1v) is 5.99. The maximum atomic E-state index is 9.11. The van der Waals surface area contributed by atoms with Crippen molar-refractivity contribution in [3.8, 4) is 0 Å². The fourth-order valence-electron chi connectivity index (χ4n) is 1.68. The fraction of sp³-hybridized carbons (Fsp3) is 0.615. The summed E-state index contributed by atoms with van der Waals surface area (Å²) in [4.78, 5) is 4.42. The highest BCUT2D eigenvalue weighted by Crippen LogP contribution is 2.25. The molecular formula is C13H23N3O. The molecule has 96 valence electrons. The lowest BCUT2D eigenvalue weighted by atomic mass is 9.85. The predicted molar refractivity (Wildman–Crippen MR) is 72.4 cm³/mol. The van der Waals surface area contributed by atoms with Crippen molar-refractivity contribution in [3.05, 3.63) is 18.2 Å². The first-order chi connectivity index (χ1) is 7.97. The second-order valence-electron chi connectivity index (χ2n) is 5.23. The van der Waals surface area contributed by atoms with Gasteiger partial charge in [-0.1, -0.05) is 26.8 Å². The lowest BCUT2D eigenvalue weighted by Crippen LogP contribution is -2.35. The number of anilines is 2. The minimum Gasteiger partial charge on any atom is -0.396 e. The summed E-state index contributed by atoms with van der Waals surface area (Å²) in [5, 5.41) is 15.5. The number of aromatic nitrogens is 1. The molecule has 0 radical (unpaired) electrons. The van der Waals surface area contributed by atoms with Crippen molar-refractivity contribution in [2.75, 3.05) is 24.3 Å². The predicted octanol–water partition coefficient (Wildman–Crippen LogP) is 2.33. The van der Waals surface area contributed by atoms with E-state index in [0.29, 0.717) is 0 Å². The van der Waals surface area contributed by atoms with Crippen molar-refractivity contribution < 1.29 is 5.11 Å². The van der Waals surface area contributed by atoms with Crippen LogP contribution in [0, 0.1) is 5.41 Å². The van der Waals surface area contributed by atoms with Crippen LogP contribution >= 0.6 is 0 Å². The Morgan fingerprint density at radius 3 is 2.47 bits per heavy atom. The SMILES string of the molecule is CNc1cccc(NC(CCO)C(C)(C)C)n1. The van der Waals surface area contributed by atoms with Gasteiger partial charge in [0.05, 0.1) is 0 Å². The molecule has 0 aliphatic rings. The van der Waals surface area contributed by atoms with Crippen LogP contribution in [0.4, 0.5) is 11.6 Å². The van der Waals surface area contributed by atoms with Crippen LogP contribution in [0.15, 0.2) is 18.2 Å². The van der Waals surface area contributed by atoms with Crippen LogP contribution in [0.3, 0.4) is 0 Å². The largest absolute Gasteiger partial charge is 0.396 e. The number of rotatable bonds is 5. The lowest BCUT2D eigenvalue weighted by Gasteiger charge is -2.31. The van der Waals surface area contributed by atoms with Crippen molar-refractivity contribution in [2.45, 2.75) is 33.2 Å². The molecule has 1 aromatic heterocycles. The van der Waals surface area contributed by atoms with Crippen LogP contribution in [0.2, 0.25) is 0 Å². The third-order valence-corrected chi connectivity index (χ3v) is 2.79. The van der Waals surface area contributed by atoms with Crippen LogP contribution in [0.25, 0.3) is 0 Å². The molecule has 4 nitrogen and oxygen atoms in total. The highest BCUT2D eigenvalue weighted by atomic mass is 16.3. The van der Waals surface area contributed by atoms with Gasteiger partial charge in [-0.25, -0.2) is 4.98 Å². The van der Waals surface area contributed by atoms with Gasteiger partial charge in [-0.15, -0.1) is 0 Å². The molecule has 1 atom stereocenters. The third-order valence-electron chi connectivity index (χ3n) is 2.79. The third kappa shape index (κ3) is 4.23. The molecule has 0 aliphatic carbocycles. The summed E-state index contributed by atoms with van der Waals surface area (Å²) in [7, 11) is 1.85. The molecule has 0 aromatic carbocycles. The number of aliphatic hydroxyl groups is 1. The number of aliphatic hydroxyl groups excluding tert-OH is 1. The smallest absolute Gasteiger partial charge is 0.128 e.